The van der Waals surface area contributed by atoms with Crippen LogP contribution >= 0.6 is 0 Å². The number of allylic oxidation sites excluding steroid dienone is 5. The van der Waals surface area contributed by atoms with Crippen LogP contribution in [-0.2, 0) is 7.05 Å². The van der Waals surface area contributed by atoms with Gasteiger partial charge in [0.1, 0.15) is 12.1 Å². The Bertz CT molecular complexity index is 1050. The van der Waals surface area contributed by atoms with Gasteiger partial charge in [-0.3, -0.25) is 4.79 Å². The summed E-state index contributed by atoms with van der Waals surface area (Å²) < 4.78 is 1.89. The number of nitrogens with zero attached hydrogens (tertiary/aromatic N) is 4. The molecule has 1 aromatic heterocycles. The fraction of sp³-hybridized carbons (Fsp3) is 0.0455. The molecule has 3 rings (SSSR count). The fourth-order valence-electron chi connectivity index (χ4n) is 2.74. The van der Waals surface area contributed by atoms with Gasteiger partial charge in [0.2, 0.25) is 5.78 Å². The highest BCUT2D eigenvalue weighted by atomic mass is 16.1. The second kappa shape index (κ2) is 7.86. The second-order valence-electron chi connectivity index (χ2n) is 5.82. The van der Waals surface area contributed by atoms with Crippen LogP contribution in [0.15, 0.2) is 90.1 Å². The van der Waals surface area contributed by atoms with Crippen LogP contribution in [0.2, 0.25) is 0 Å². The number of carbonyl (C=O) groups is 1. The lowest BCUT2D eigenvalue weighted by Crippen LogP contribution is -2.24. The van der Waals surface area contributed by atoms with Gasteiger partial charge >= 0.3 is 0 Å². The van der Waals surface area contributed by atoms with E-state index in [0.717, 1.165) is 5.69 Å². The molecule has 1 aromatic carbocycles. The lowest BCUT2D eigenvalue weighted by molar-refractivity contribution is 0.101. The third kappa shape index (κ3) is 3.63. The van der Waals surface area contributed by atoms with Gasteiger partial charge in [0.15, 0.2) is 5.57 Å². The van der Waals surface area contributed by atoms with Gasteiger partial charge in [0.05, 0.1) is 11.4 Å². The van der Waals surface area contributed by atoms with E-state index in [2.05, 4.69) is 0 Å². The zero-order valence-corrected chi connectivity index (χ0v) is 14.7. The third-order valence-corrected chi connectivity index (χ3v) is 4.14. The summed E-state index contributed by atoms with van der Waals surface area (Å²) in [5.74, 6) is -0.204. The molecule has 2 heterocycles. The zero-order valence-electron chi connectivity index (χ0n) is 14.7. The van der Waals surface area contributed by atoms with E-state index in [1.165, 1.54) is 0 Å². The predicted octanol–water partition coefficient (Wildman–Crippen LogP) is 3.94. The Morgan fingerprint density at radius 3 is 2.41 bits per heavy atom. The number of hydrogen-bond acceptors (Lipinski definition) is 4. The van der Waals surface area contributed by atoms with Gasteiger partial charge in [-0.15, -0.1) is 0 Å². The van der Waals surface area contributed by atoms with Crippen molar-refractivity contribution >= 4 is 11.9 Å². The van der Waals surface area contributed by atoms with Crippen LogP contribution in [0.25, 0.3) is 6.08 Å². The van der Waals surface area contributed by atoms with E-state index in [0.29, 0.717) is 17.0 Å². The zero-order chi connectivity index (χ0) is 19.2. The molecule has 0 fully saturated rings. The van der Waals surface area contributed by atoms with Crippen LogP contribution in [0.4, 0.5) is 0 Å². The number of hydrogen-bond donors (Lipinski definition) is 0. The predicted molar refractivity (Wildman–Crippen MR) is 103 cm³/mol. The highest BCUT2D eigenvalue weighted by Crippen LogP contribution is 2.26. The molecule has 0 radical (unpaired) electrons. The van der Waals surface area contributed by atoms with Crippen LogP contribution in [0, 0.1) is 22.7 Å². The lowest BCUT2D eigenvalue weighted by atomic mass is 10.0. The van der Waals surface area contributed by atoms with Crippen molar-refractivity contribution in [1.29, 1.82) is 10.5 Å². The Morgan fingerprint density at radius 2 is 1.78 bits per heavy atom. The van der Waals surface area contributed by atoms with Gasteiger partial charge in [0.25, 0.3) is 0 Å². The highest BCUT2D eigenvalue weighted by Gasteiger charge is 2.23. The molecule has 0 aliphatic carbocycles. The maximum absolute atomic E-state index is 13.3. The molecule has 5 nitrogen and oxygen atoms in total. The van der Waals surface area contributed by atoms with E-state index in [1.54, 1.807) is 59.7 Å². The Labute approximate surface area is 157 Å². The van der Waals surface area contributed by atoms with E-state index < -0.39 is 0 Å². The van der Waals surface area contributed by atoms with Gasteiger partial charge in [-0.2, -0.15) is 10.5 Å². The normalized spacial score (nSPS) is 13.2. The monoisotopic (exact) mass is 352 g/mol. The standard InChI is InChI=1S/C22H16N4O/c1-25-12-7-10-19(25)14-21(22(27)17-8-3-2-4-9-17)26-13-6-5-11-20(26)18(15-23)16-24/h2-14H,1H3/b21-14+. The van der Waals surface area contributed by atoms with Crippen molar-refractivity contribution in [2.75, 3.05) is 0 Å². The average molecular weight is 352 g/mol. The van der Waals surface area contributed by atoms with Crippen LogP contribution in [0.5, 0.6) is 0 Å². The van der Waals surface area contributed by atoms with E-state index in [4.69, 9.17) is 0 Å². The first-order chi connectivity index (χ1) is 13.2. The first-order valence-corrected chi connectivity index (χ1v) is 8.27. The molecule has 0 unspecified atom stereocenters. The van der Waals surface area contributed by atoms with E-state index >= 15 is 0 Å². The average Bonchev–Trinajstić information content (AvgIpc) is 3.12. The Balaban J connectivity index is 2.19. The summed E-state index contributed by atoms with van der Waals surface area (Å²) in [6.07, 6.45) is 10.5. The summed E-state index contributed by atoms with van der Waals surface area (Å²) in [6, 6.07) is 16.5. The summed E-state index contributed by atoms with van der Waals surface area (Å²) in [7, 11) is 1.88. The molecular weight excluding hydrogens is 336 g/mol. The van der Waals surface area contributed by atoms with E-state index in [-0.39, 0.29) is 11.4 Å². The minimum atomic E-state index is -0.204. The smallest absolute Gasteiger partial charge is 0.209 e. The number of aryl methyl sites for hydroxylation is 1. The van der Waals surface area contributed by atoms with Gasteiger partial charge in [-0.25, -0.2) is 0 Å². The molecule has 0 atom stereocenters. The number of Topliss-reactive ketones (excluding diaryl/α,β-unsaturated/α-hetero) is 1. The number of benzene rings is 1. The van der Waals surface area contributed by atoms with Gasteiger partial charge in [-0.05, 0) is 30.4 Å². The van der Waals surface area contributed by atoms with Crippen molar-refractivity contribution in [1.82, 2.24) is 9.47 Å². The maximum Gasteiger partial charge on any atom is 0.209 e. The molecule has 1 aliphatic rings. The molecule has 130 valence electrons. The van der Waals surface area contributed by atoms with Gasteiger partial charge in [-0.1, -0.05) is 36.4 Å². The number of ketones is 1. The highest BCUT2D eigenvalue weighted by molar-refractivity contribution is 6.11. The van der Waals surface area contributed by atoms with Crippen molar-refractivity contribution in [2.45, 2.75) is 0 Å². The van der Waals surface area contributed by atoms with Crippen molar-refractivity contribution in [3.63, 3.8) is 0 Å². The summed E-state index contributed by atoms with van der Waals surface area (Å²) in [4.78, 5) is 14.8. The molecule has 5 heteroatoms. The maximum atomic E-state index is 13.3. The van der Waals surface area contributed by atoms with Crippen LogP contribution in [0.3, 0.4) is 0 Å². The summed E-state index contributed by atoms with van der Waals surface area (Å²) >= 11 is 0. The van der Waals surface area contributed by atoms with Crippen molar-refractivity contribution in [2.24, 2.45) is 7.05 Å². The summed E-state index contributed by atoms with van der Waals surface area (Å²) in [5.41, 5.74) is 2.01. The molecule has 0 saturated heterocycles. The minimum absolute atomic E-state index is 0.0609. The van der Waals surface area contributed by atoms with Gasteiger partial charge < -0.3 is 9.47 Å². The van der Waals surface area contributed by atoms with E-state index in [9.17, 15) is 15.3 Å². The minimum Gasteiger partial charge on any atom is -0.351 e. The summed E-state index contributed by atoms with van der Waals surface area (Å²) in [5, 5.41) is 18.6. The lowest BCUT2D eigenvalue weighted by Gasteiger charge is -2.26. The molecular formula is C22H16N4O. The molecule has 27 heavy (non-hydrogen) atoms. The first-order valence-electron chi connectivity index (χ1n) is 8.27. The van der Waals surface area contributed by atoms with Gasteiger partial charge in [0, 0.05) is 30.7 Å². The topological polar surface area (TPSA) is 72.8 Å². The number of nitriles is 2. The van der Waals surface area contributed by atoms with Crippen molar-refractivity contribution in [3.8, 4) is 12.1 Å². The Morgan fingerprint density at radius 1 is 1.04 bits per heavy atom. The first kappa shape index (κ1) is 17.7. The fourth-order valence-corrected chi connectivity index (χ4v) is 2.74. The molecule has 0 spiro atoms. The molecule has 0 N–H and O–H groups in total. The van der Waals surface area contributed by atoms with E-state index in [1.807, 2.05) is 48.1 Å². The summed E-state index contributed by atoms with van der Waals surface area (Å²) in [6.45, 7) is 0. The quantitative estimate of drug-likeness (QED) is 0.475. The molecule has 2 aromatic rings. The van der Waals surface area contributed by atoms with Crippen molar-refractivity contribution < 1.29 is 4.79 Å². The third-order valence-electron chi connectivity index (χ3n) is 4.14. The Hall–Kier alpha value is -4.09. The van der Waals surface area contributed by atoms with Crippen LogP contribution < -0.4 is 0 Å². The second-order valence-corrected chi connectivity index (χ2v) is 5.82. The molecule has 1 aliphatic heterocycles. The number of aromatic nitrogens is 1. The van der Waals surface area contributed by atoms with Crippen LogP contribution in [-0.4, -0.2) is 15.3 Å². The van der Waals surface area contributed by atoms with Crippen LogP contribution in [0.1, 0.15) is 16.1 Å². The number of carbonyl (C=O) groups excluding carboxylic acids is 1. The largest absolute Gasteiger partial charge is 0.351 e. The molecule has 0 bridgehead atoms. The SMILES string of the molecule is Cn1cccc1/C=C(\C(=O)c1ccccc1)N1C=CC=CC1=C(C#N)C#N. The van der Waals surface area contributed by atoms with Crippen molar-refractivity contribution in [3.05, 3.63) is 101 Å². The number of rotatable bonds is 4. The molecule has 0 saturated carbocycles. The Kier molecular flexibility index (Phi) is 5.16. The molecule has 0 amide bonds.